The van der Waals surface area contributed by atoms with E-state index < -0.39 is 0 Å². The maximum absolute atomic E-state index is 12.8. The van der Waals surface area contributed by atoms with Crippen LogP contribution in [-0.4, -0.2) is 49.8 Å². The second-order valence-corrected chi connectivity index (χ2v) is 8.43. The van der Waals surface area contributed by atoms with Crippen LogP contribution in [0.15, 0.2) is 46.3 Å². The number of nitrogens with one attached hydrogen (secondary N) is 1. The molecule has 164 valence electrons. The lowest BCUT2D eigenvalue weighted by Crippen LogP contribution is -2.40. The summed E-state index contributed by atoms with van der Waals surface area (Å²) in [5.74, 6) is 1.89. The van der Waals surface area contributed by atoms with Crippen molar-refractivity contribution >= 4 is 17.2 Å². The lowest BCUT2D eigenvalue weighted by atomic mass is 10.00. The lowest BCUT2D eigenvalue weighted by Gasteiger charge is -2.35. The molecule has 0 radical (unpaired) electrons. The minimum atomic E-state index is -0.254. The maximum atomic E-state index is 12.8. The minimum Gasteiger partial charge on any atom is -0.497 e. The summed E-state index contributed by atoms with van der Waals surface area (Å²) in [6.07, 6.45) is 3.52. The van der Waals surface area contributed by atoms with E-state index in [0.717, 1.165) is 47.9 Å². The molecule has 3 heterocycles. The third-order valence-corrected chi connectivity index (χ3v) is 6.47. The molecular weight excluding hydrogens is 414 g/mol. The Hall–Kier alpha value is -2.84. The van der Waals surface area contributed by atoms with Crippen molar-refractivity contribution in [2.24, 2.45) is 0 Å². The zero-order valence-electron chi connectivity index (χ0n) is 17.8. The quantitative estimate of drug-likeness (QED) is 0.559. The van der Waals surface area contributed by atoms with Gasteiger partial charge in [-0.15, -0.1) is 11.3 Å². The Morgan fingerprint density at radius 2 is 2.03 bits per heavy atom. The Labute approximate surface area is 185 Å². The smallest absolute Gasteiger partial charge is 0.273 e. The third-order valence-electron chi connectivity index (χ3n) is 5.59. The largest absolute Gasteiger partial charge is 0.497 e. The molecule has 7 nitrogen and oxygen atoms in total. The fourth-order valence-corrected chi connectivity index (χ4v) is 4.64. The van der Waals surface area contributed by atoms with Crippen molar-refractivity contribution in [2.75, 3.05) is 33.9 Å². The summed E-state index contributed by atoms with van der Waals surface area (Å²) in [6, 6.07) is 11.3. The molecule has 1 aliphatic heterocycles. The molecule has 1 saturated heterocycles. The molecule has 1 N–H and O–H groups in total. The molecular formula is C23H27N3O4S. The molecule has 0 aliphatic carbocycles. The zero-order chi connectivity index (χ0) is 21.6. The molecule has 0 bridgehead atoms. The van der Waals surface area contributed by atoms with E-state index in [1.54, 1.807) is 31.6 Å². The van der Waals surface area contributed by atoms with Crippen molar-refractivity contribution in [3.63, 3.8) is 0 Å². The topological polar surface area (TPSA) is 76.8 Å². The number of likely N-dealkylation sites (tertiary alicyclic amines) is 1. The van der Waals surface area contributed by atoms with E-state index >= 15 is 0 Å². The first-order valence-corrected chi connectivity index (χ1v) is 11.3. The van der Waals surface area contributed by atoms with E-state index in [4.69, 9.17) is 14.0 Å². The van der Waals surface area contributed by atoms with Gasteiger partial charge in [-0.25, -0.2) is 0 Å². The highest BCUT2D eigenvalue weighted by Crippen LogP contribution is 2.34. The van der Waals surface area contributed by atoms with Crippen molar-refractivity contribution in [1.29, 1.82) is 0 Å². The van der Waals surface area contributed by atoms with Crippen LogP contribution in [0.5, 0.6) is 11.5 Å². The molecule has 1 aliphatic rings. The molecule has 4 rings (SSSR count). The summed E-state index contributed by atoms with van der Waals surface area (Å²) in [7, 11) is 3.32. The number of rotatable bonds is 8. The Balaban J connectivity index is 1.53. The van der Waals surface area contributed by atoms with Crippen LogP contribution >= 0.6 is 11.3 Å². The second-order valence-electron chi connectivity index (χ2n) is 7.48. The van der Waals surface area contributed by atoms with E-state index in [1.807, 2.05) is 35.7 Å². The number of aromatic nitrogens is 1. The number of methoxy groups -OCH3 is 2. The monoisotopic (exact) mass is 441 g/mol. The highest BCUT2D eigenvalue weighted by atomic mass is 32.1. The highest BCUT2D eigenvalue weighted by molar-refractivity contribution is 7.13. The third kappa shape index (κ3) is 4.91. The molecule has 1 fully saturated rings. The van der Waals surface area contributed by atoms with E-state index in [1.165, 1.54) is 6.42 Å². The van der Waals surface area contributed by atoms with Gasteiger partial charge >= 0.3 is 0 Å². The number of carbonyl (C=O) groups is 1. The van der Waals surface area contributed by atoms with Crippen LogP contribution in [0, 0.1) is 0 Å². The van der Waals surface area contributed by atoms with Crippen molar-refractivity contribution in [1.82, 2.24) is 15.4 Å². The van der Waals surface area contributed by atoms with E-state index in [-0.39, 0.29) is 17.6 Å². The Kier molecular flexibility index (Phi) is 6.89. The Morgan fingerprint density at radius 3 is 2.74 bits per heavy atom. The number of carbonyl (C=O) groups excluding carboxylic acids is 1. The van der Waals surface area contributed by atoms with Gasteiger partial charge in [0.2, 0.25) is 0 Å². The van der Waals surface area contributed by atoms with Gasteiger partial charge in [-0.05, 0) is 55.6 Å². The summed E-state index contributed by atoms with van der Waals surface area (Å²) in [6.45, 7) is 2.39. The highest BCUT2D eigenvalue weighted by Gasteiger charge is 2.27. The van der Waals surface area contributed by atoms with Crippen LogP contribution in [0.25, 0.3) is 10.6 Å². The van der Waals surface area contributed by atoms with Gasteiger partial charge in [0.05, 0.1) is 25.1 Å². The van der Waals surface area contributed by atoms with Gasteiger partial charge in [-0.3, -0.25) is 9.69 Å². The maximum Gasteiger partial charge on any atom is 0.273 e. The van der Waals surface area contributed by atoms with Crippen molar-refractivity contribution < 1.29 is 18.8 Å². The summed E-state index contributed by atoms with van der Waals surface area (Å²) in [5, 5.41) is 8.96. The van der Waals surface area contributed by atoms with Crippen LogP contribution in [0.4, 0.5) is 0 Å². The van der Waals surface area contributed by atoms with Gasteiger partial charge in [-0.1, -0.05) is 17.6 Å². The molecule has 0 unspecified atom stereocenters. The standard InChI is InChI=1S/C23H27N3O4S/c1-28-16-8-9-20(29-2)17(13-16)19(26-10-4-3-5-11-26)15-24-23(27)18-14-21(30-25-18)22-7-6-12-31-22/h6-9,12-14,19H,3-5,10-11,15H2,1-2H3,(H,24,27)/t19-/m0/s1. The van der Waals surface area contributed by atoms with E-state index in [2.05, 4.69) is 15.4 Å². The van der Waals surface area contributed by atoms with Gasteiger partial charge in [0.25, 0.3) is 5.91 Å². The van der Waals surface area contributed by atoms with Gasteiger partial charge in [-0.2, -0.15) is 0 Å². The van der Waals surface area contributed by atoms with Gasteiger partial charge in [0, 0.05) is 18.2 Å². The predicted octanol–water partition coefficient (Wildman–Crippen LogP) is 4.38. The van der Waals surface area contributed by atoms with Crippen molar-refractivity contribution in [3.05, 3.63) is 53.0 Å². The Morgan fingerprint density at radius 1 is 1.19 bits per heavy atom. The number of hydrogen-bond acceptors (Lipinski definition) is 7. The molecule has 1 atom stereocenters. The first-order chi connectivity index (χ1) is 15.2. The molecule has 0 saturated carbocycles. The normalized spacial score (nSPS) is 15.4. The molecule has 1 aromatic carbocycles. The number of amides is 1. The fraction of sp³-hybridized carbons (Fsp3) is 0.391. The van der Waals surface area contributed by atoms with Crippen molar-refractivity contribution in [2.45, 2.75) is 25.3 Å². The van der Waals surface area contributed by atoms with Crippen LogP contribution < -0.4 is 14.8 Å². The summed E-state index contributed by atoms with van der Waals surface area (Å²) in [4.78, 5) is 16.2. The first-order valence-electron chi connectivity index (χ1n) is 10.4. The van der Waals surface area contributed by atoms with Crippen LogP contribution in [-0.2, 0) is 0 Å². The van der Waals surface area contributed by atoms with Gasteiger partial charge < -0.3 is 19.3 Å². The van der Waals surface area contributed by atoms with Crippen molar-refractivity contribution in [3.8, 4) is 22.1 Å². The molecule has 1 amide bonds. The number of ether oxygens (including phenoxy) is 2. The number of piperidine rings is 1. The van der Waals surface area contributed by atoms with Gasteiger partial charge in [0.15, 0.2) is 11.5 Å². The summed E-state index contributed by atoms with van der Waals surface area (Å²) >= 11 is 1.55. The number of nitrogens with zero attached hydrogens (tertiary/aromatic N) is 2. The SMILES string of the molecule is COc1ccc(OC)c([C@H](CNC(=O)c2cc(-c3cccs3)on2)N2CCCCC2)c1. The number of hydrogen-bond donors (Lipinski definition) is 1. The average molecular weight is 442 g/mol. The number of benzene rings is 1. The van der Waals surface area contributed by atoms with E-state index in [9.17, 15) is 4.79 Å². The fourth-order valence-electron chi connectivity index (χ4n) is 3.96. The van der Waals surface area contributed by atoms with Gasteiger partial charge in [0.1, 0.15) is 11.5 Å². The second kappa shape index (κ2) is 9.98. The molecule has 0 spiro atoms. The zero-order valence-corrected chi connectivity index (χ0v) is 18.6. The van der Waals surface area contributed by atoms with E-state index in [0.29, 0.717) is 12.3 Å². The Bertz CT molecular complexity index is 996. The molecule has 8 heteroatoms. The van der Waals surface area contributed by atoms with Crippen LogP contribution in [0.3, 0.4) is 0 Å². The molecule has 2 aromatic heterocycles. The summed E-state index contributed by atoms with van der Waals surface area (Å²) in [5.41, 5.74) is 1.28. The first kappa shape index (κ1) is 21.4. The predicted molar refractivity (Wildman–Crippen MR) is 120 cm³/mol. The number of thiophene rings is 1. The van der Waals surface area contributed by atoms with Crippen LogP contribution in [0.2, 0.25) is 0 Å². The average Bonchev–Trinajstić information content (AvgIpc) is 3.52. The molecule has 3 aromatic rings. The minimum absolute atomic E-state index is 0.0297. The lowest BCUT2D eigenvalue weighted by molar-refractivity contribution is 0.0914. The molecule has 31 heavy (non-hydrogen) atoms. The van der Waals surface area contributed by atoms with Crippen LogP contribution in [0.1, 0.15) is 41.4 Å². The summed E-state index contributed by atoms with van der Waals surface area (Å²) < 4.78 is 16.4.